The van der Waals surface area contributed by atoms with E-state index in [1.807, 2.05) is 50.2 Å². The van der Waals surface area contributed by atoms with Gasteiger partial charge in [-0.1, -0.05) is 30.3 Å². The normalized spacial score (nSPS) is 14.6. The van der Waals surface area contributed by atoms with E-state index in [1.54, 1.807) is 0 Å². The SMILES string of the molecule is Cc1cc(Nc2nc(-c3ccccc3)ncc2F)c(OC(C)C)cc1C1CCNCC1. The lowest BCUT2D eigenvalue weighted by molar-refractivity contribution is 0.243. The van der Waals surface area contributed by atoms with E-state index in [2.05, 4.69) is 33.6 Å². The van der Waals surface area contributed by atoms with E-state index in [0.717, 1.165) is 31.5 Å². The van der Waals surface area contributed by atoms with Crippen LogP contribution in [0.25, 0.3) is 11.4 Å². The van der Waals surface area contributed by atoms with Crippen molar-refractivity contribution in [2.24, 2.45) is 0 Å². The Balaban J connectivity index is 1.69. The maximum absolute atomic E-state index is 14.6. The van der Waals surface area contributed by atoms with Crippen LogP contribution in [0.3, 0.4) is 0 Å². The lowest BCUT2D eigenvalue weighted by atomic mass is 9.87. The average molecular weight is 421 g/mol. The number of anilines is 2. The van der Waals surface area contributed by atoms with Crippen LogP contribution in [0.5, 0.6) is 5.75 Å². The number of aryl methyl sites for hydroxylation is 1. The summed E-state index contributed by atoms with van der Waals surface area (Å²) in [5, 5.41) is 6.58. The van der Waals surface area contributed by atoms with Crippen LogP contribution in [0.1, 0.15) is 43.7 Å². The Morgan fingerprint density at radius 2 is 1.87 bits per heavy atom. The monoisotopic (exact) mass is 420 g/mol. The second-order valence-corrected chi connectivity index (χ2v) is 8.28. The van der Waals surface area contributed by atoms with Gasteiger partial charge < -0.3 is 15.4 Å². The highest BCUT2D eigenvalue weighted by molar-refractivity contribution is 5.68. The summed E-state index contributed by atoms with van der Waals surface area (Å²) < 4.78 is 20.7. The molecule has 31 heavy (non-hydrogen) atoms. The minimum Gasteiger partial charge on any atom is -0.489 e. The van der Waals surface area contributed by atoms with Gasteiger partial charge in [0.15, 0.2) is 17.5 Å². The summed E-state index contributed by atoms with van der Waals surface area (Å²) in [6.45, 7) is 8.14. The van der Waals surface area contributed by atoms with Crippen LogP contribution >= 0.6 is 0 Å². The molecule has 1 aliphatic heterocycles. The number of ether oxygens (including phenoxy) is 1. The van der Waals surface area contributed by atoms with Crippen molar-refractivity contribution in [3.05, 3.63) is 65.6 Å². The van der Waals surface area contributed by atoms with Crippen LogP contribution in [0.2, 0.25) is 0 Å². The van der Waals surface area contributed by atoms with Crippen LogP contribution < -0.4 is 15.4 Å². The second-order valence-electron chi connectivity index (χ2n) is 8.28. The Morgan fingerprint density at radius 1 is 1.13 bits per heavy atom. The highest BCUT2D eigenvalue weighted by Crippen LogP contribution is 2.37. The smallest absolute Gasteiger partial charge is 0.184 e. The summed E-state index contributed by atoms with van der Waals surface area (Å²) in [6, 6.07) is 13.7. The van der Waals surface area contributed by atoms with E-state index in [-0.39, 0.29) is 11.9 Å². The van der Waals surface area contributed by atoms with Gasteiger partial charge in [0.2, 0.25) is 0 Å². The largest absolute Gasteiger partial charge is 0.489 e. The molecule has 2 heterocycles. The molecule has 2 aromatic carbocycles. The Bertz CT molecular complexity index is 1030. The molecule has 1 aromatic heterocycles. The van der Waals surface area contributed by atoms with E-state index in [4.69, 9.17) is 4.74 Å². The van der Waals surface area contributed by atoms with Gasteiger partial charge in [0.1, 0.15) is 5.75 Å². The van der Waals surface area contributed by atoms with Crippen molar-refractivity contribution in [3.8, 4) is 17.1 Å². The molecule has 1 aliphatic rings. The lowest BCUT2D eigenvalue weighted by Gasteiger charge is -2.26. The molecule has 6 heteroatoms. The highest BCUT2D eigenvalue weighted by atomic mass is 19.1. The number of hydrogen-bond acceptors (Lipinski definition) is 5. The third kappa shape index (κ3) is 5.02. The van der Waals surface area contributed by atoms with Gasteiger partial charge in [-0.15, -0.1) is 0 Å². The first-order chi connectivity index (χ1) is 15.0. The summed E-state index contributed by atoms with van der Waals surface area (Å²) in [5.41, 5.74) is 4.02. The summed E-state index contributed by atoms with van der Waals surface area (Å²) >= 11 is 0. The Hall–Kier alpha value is -2.99. The first-order valence-corrected chi connectivity index (χ1v) is 10.9. The maximum Gasteiger partial charge on any atom is 0.184 e. The van der Waals surface area contributed by atoms with Crippen LogP contribution in [0.15, 0.2) is 48.7 Å². The zero-order valence-electron chi connectivity index (χ0n) is 18.3. The standard InChI is InChI=1S/C25H29FN4O/c1-16(2)31-23-14-20(18-9-11-27-12-10-18)17(3)13-22(23)29-25-21(26)15-28-24(30-25)19-7-5-4-6-8-19/h4-8,13-16,18,27H,9-12H2,1-3H3,(H,28,29,30). The Labute approximate surface area is 183 Å². The van der Waals surface area contributed by atoms with Gasteiger partial charge in [0.05, 0.1) is 18.0 Å². The van der Waals surface area contributed by atoms with Crippen molar-refractivity contribution in [2.45, 2.75) is 45.6 Å². The predicted octanol–water partition coefficient (Wildman–Crippen LogP) is 5.59. The predicted molar refractivity (Wildman–Crippen MR) is 122 cm³/mol. The molecule has 1 fully saturated rings. The summed E-state index contributed by atoms with van der Waals surface area (Å²) in [5.74, 6) is 1.32. The molecule has 0 saturated carbocycles. The minimum absolute atomic E-state index is 0.000690. The topological polar surface area (TPSA) is 59.1 Å². The van der Waals surface area contributed by atoms with E-state index < -0.39 is 5.82 Å². The Kier molecular flexibility index (Phi) is 6.47. The van der Waals surface area contributed by atoms with Crippen molar-refractivity contribution in [1.82, 2.24) is 15.3 Å². The zero-order valence-corrected chi connectivity index (χ0v) is 18.3. The number of piperidine rings is 1. The molecule has 0 spiro atoms. The van der Waals surface area contributed by atoms with Gasteiger partial charge in [-0.25, -0.2) is 14.4 Å². The molecule has 162 valence electrons. The number of aromatic nitrogens is 2. The number of rotatable bonds is 6. The molecule has 0 radical (unpaired) electrons. The number of halogens is 1. The first-order valence-electron chi connectivity index (χ1n) is 10.9. The zero-order chi connectivity index (χ0) is 21.8. The van der Waals surface area contributed by atoms with Crippen molar-refractivity contribution in [1.29, 1.82) is 0 Å². The molecule has 1 saturated heterocycles. The van der Waals surface area contributed by atoms with Gasteiger partial charge in [-0.3, -0.25) is 0 Å². The molecule has 0 bridgehead atoms. The quantitative estimate of drug-likeness (QED) is 0.544. The molecule has 2 N–H and O–H groups in total. The van der Waals surface area contributed by atoms with E-state index in [9.17, 15) is 4.39 Å². The fourth-order valence-electron chi connectivity index (χ4n) is 4.03. The first kappa shape index (κ1) is 21.2. The second kappa shape index (κ2) is 9.43. The maximum atomic E-state index is 14.6. The van der Waals surface area contributed by atoms with E-state index in [1.165, 1.54) is 17.3 Å². The van der Waals surface area contributed by atoms with Gasteiger partial charge in [0.25, 0.3) is 0 Å². The molecule has 0 atom stereocenters. The van der Waals surface area contributed by atoms with Gasteiger partial charge in [-0.05, 0) is 75.9 Å². The van der Waals surface area contributed by atoms with E-state index in [0.29, 0.717) is 23.2 Å². The molecule has 0 aliphatic carbocycles. The van der Waals surface area contributed by atoms with Gasteiger partial charge >= 0.3 is 0 Å². The van der Waals surface area contributed by atoms with Crippen molar-refractivity contribution < 1.29 is 9.13 Å². The third-order valence-corrected chi connectivity index (χ3v) is 5.54. The molecule has 5 nitrogen and oxygen atoms in total. The highest BCUT2D eigenvalue weighted by Gasteiger charge is 2.21. The molecular formula is C25H29FN4O. The molecule has 3 aromatic rings. The van der Waals surface area contributed by atoms with Crippen LogP contribution in [0.4, 0.5) is 15.9 Å². The summed E-state index contributed by atoms with van der Waals surface area (Å²) in [4.78, 5) is 8.59. The summed E-state index contributed by atoms with van der Waals surface area (Å²) in [7, 11) is 0. The Morgan fingerprint density at radius 3 is 2.58 bits per heavy atom. The third-order valence-electron chi connectivity index (χ3n) is 5.54. The van der Waals surface area contributed by atoms with Crippen molar-refractivity contribution in [3.63, 3.8) is 0 Å². The van der Waals surface area contributed by atoms with Gasteiger partial charge in [0, 0.05) is 5.56 Å². The number of benzene rings is 2. The molecule has 4 rings (SSSR count). The number of hydrogen-bond donors (Lipinski definition) is 2. The minimum atomic E-state index is -0.504. The number of nitrogens with zero attached hydrogens (tertiary/aromatic N) is 2. The molecule has 0 amide bonds. The number of nitrogens with one attached hydrogen (secondary N) is 2. The fourth-order valence-corrected chi connectivity index (χ4v) is 4.03. The molecule has 0 unspecified atom stereocenters. The van der Waals surface area contributed by atoms with E-state index >= 15 is 0 Å². The lowest BCUT2D eigenvalue weighted by Crippen LogP contribution is -2.27. The van der Waals surface area contributed by atoms with Gasteiger partial charge in [-0.2, -0.15) is 0 Å². The summed E-state index contributed by atoms with van der Waals surface area (Å²) in [6.07, 6.45) is 3.42. The van der Waals surface area contributed by atoms with Crippen molar-refractivity contribution >= 4 is 11.5 Å². The van der Waals surface area contributed by atoms with Crippen LogP contribution in [0, 0.1) is 12.7 Å². The average Bonchev–Trinajstić information content (AvgIpc) is 2.78. The van der Waals surface area contributed by atoms with Crippen LogP contribution in [-0.2, 0) is 0 Å². The molecular weight excluding hydrogens is 391 g/mol. The van der Waals surface area contributed by atoms with Crippen LogP contribution in [-0.4, -0.2) is 29.2 Å². The fraction of sp³-hybridized carbons (Fsp3) is 0.360. The van der Waals surface area contributed by atoms with Crippen molar-refractivity contribution in [2.75, 3.05) is 18.4 Å².